The third-order valence-corrected chi connectivity index (χ3v) is 5.85. The predicted molar refractivity (Wildman–Crippen MR) is 107 cm³/mol. The molecule has 2 saturated heterocycles. The minimum atomic E-state index is -0.459. The van der Waals surface area contributed by atoms with Gasteiger partial charge in [0.15, 0.2) is 0 Å². The van der Waals surface area contributed by atoms with Crippen LogP contribution in [0.2, 0.25) is 0 Å². The Labute approximate surface area is 170 Å². The van der Waals surface area contributed by atoms with Crippen LogP contribution in [0.1, 0.15) is 43.5 Å². The zero-order valence-electron chi connectivity index (χ0n) is 17.0. The fourth-order valence-electron chi connectivity index (χ4n) is 4.27. The molecule has 0 spiro atoms. The first kappa shape index (κ1) is 21.2. The molecule has 0 aliphatic carbocycles. The molecule has 0 aromatic heterocycles. The van der Waals surface area contributed by atoms with Gasteiger partial charge in [-0.1, -0.05) is 6.07 Å². The zero-order valence-corrected chi connectivity index (χ0v) is 17.0. The van der Waals surface area contributed by atoms with Crippen LogP contribution in [0.4, 0.5) is 4.39 Å². The molecule has 7 nitrogen and oxygen atoms in total. The van der Waals surface area contributed by atoms with Crippen LogP contribution >= 0.6 is 0 Å². The maximum Gasteiger partial charge on any atom is 0.251 e. The summed E-state index contributed by atoms with van der Waals surface area (Å²) in [4.78, 5) is 41.0. The Balaban J connectivity index is 1.60. The molecule has 2 aliphatic rings. The molecule has 8 heteroatoms. The molecule has 29 heavy (non-hydrogen) atoms. The number of rotatable bonds is 7. The maximum absolute atomic E-state index is 13.4. The summed E-state index contributed by atoms with van der Waals surface area (Å²) in [6.45, 7) is 6.36. The summed E-state index contributed by atoms with van der Waals surface area (Å²) in [7, 11) is 0. The predicted octanol–water partition coefficient (Wildman–Crippen LogP) is 1.15. The molecule has 1 aromatic carbocycles. The van der Waals surface area contributed by atoms with Gasteiger partial charge in [0, 0.05) is 50.2 Å². The van der Waals surface area contributed by atoms with E-state index in [1.54, 1.807) is 6.07 Å². The highest BCUT2D eigenvalue weighted by molar-refractivity contribution is 5.94. The number of hydrogen-bond acceptors (Lipinski definition) is 4. The number of halogens is 1. The third-order valence-electron chi connectivity index (χ3n) is 5.85. The highest BCUT2D eigenvalue weighted by atomic mass is 19.1. The molecule has 0 saturated carbocycles. The second kappa shape index (κ2) is 9.35. The molecule has 3 rings (SSSR count). The molecular weight excluding hydrogens is 375 g/mol. The van der Waals surface area contributed by atoms with E-state index < -0.39 is 5.82 Å². The Morgan fingerprint density at radius 2 is 2.07 bits per heavy atom. The maximum atomic E-state index is 13.4. The highest BCUT2D eigenvalue weighted by Gasteiger charge is 2.43. The quantitative estimate of drug-likeness (QED) is 0.714. The van der Waals surface area contributed by atoms with Crippen LogP contribution in [0, 0.1) is 5.82 Å². The normalized spacial score (nSPS) is 24.0. The van der Waals surface area contributed by atoms with Crippen molar-refractivity contribution in [2.45, 2.75) is 51.2 Å². The van der Waals surface area contributed by atoms with Gasteiger partial charge in [-0.2, -0.15) is 0 Å². The van der Waals surface area contributed by atoms with Gasteiger partial charge in [-0.15, -0.1) is 0 Å². The minimum absolute atomic E-state index is 0.0428. The van der Waals surface area contributed by atoms with Gasteiger partial charge in [0.2, 0.25) is 11.8 Å². The van der Waals surface area contributed by atoms with Crippen LogP contribution in [0.3, 0.4) is 0 Å². The minimum Gasteiger partial charge on any atom is -0.353 e. The average molecular weight is 404 g/mol. The Bertz CT molecular complexity index is 768. The molecule has 2 fully saturated rings. The Morgan fingerprint density at radius 3 is 2.76 bits per heavy atom. The van der Waals surface area contributed by atoms with Crippen molar-refractivity contribution in [2.24, 2.45) is 0 Å². The lowest BCUT2D eigenvalue weighted by atomic mass is 10.0. The van der Waals surface area contributed by atoms with Gasteiger partial charge < -0.3 is 15.5 Å². The van der Waals surface area contributed by atoms with E-state index in [-0.39, 0.29) is 41.4 Å². The van der Waals surface area contributed by atoms with Gasteiger partial charge in [0.25, 0.3) is 5.91 Å². The number of carbonyl (C=O) groups excluding carboxylic acids is 3. The smallest absolute Gasteiger partial charge is 0.251 e. The number of fused-ring (bicyclic) bond motifs is 1. The Kier molecular flexibility index (Phi) is 6.84. The first-order valence-electron chi connectivity index (χ1n) is 10.3. The van der Waals surface area contributed by atoms with E-state index in [0.29, 0.717) is 45.4 Å². The number of nitrogens with zero attached hydrogens (tertiary/aromatic N) is 2. The molecule has 3 amide bonds. The van der Waals surface area contributed by atoms with Crippen LogP contribution < -0.4 is 10.6 Å². The second-order valence-corrected chi connectivity index (χ2v) is 7.63. The molecule has 0 bridgehead atoms. The third kappa shape index (κ3) is 4.93. The van der Waals surface area contributed by atoms with E-state index in [1.807, 2.05) is 18.7 Å². The van der Waals surface area contributed by atoms with Crippen molar-refractivity contribution in [2.75, 3.05) is 26.2 Å². The van der Waals surface area contributed by atoms with Crippen LogP contribution in [-0.2, 0) is 9.59 Å². The number of benzene rings is 1. The van der Waals surface area contributed by atoms with Gasteiger partial charge in [-0.05, 0) is 44.9 Å². The standard InChI is InChI=1S/C21H29FN4O3/c1-3-25(4-2)19(27)9-8-17-12-23-21(29)18-11-16(13-26(17)18)24-20(28)14-6-5-7-15(22)10-14/h5-7,10,16-18H,3-4,8-9,11-13H2,1-2H3,(H,23,29)(H,24,28)/t16-,17+,18-/m0/s1. The lowest BCUT2D eigenvalue weighted by molar-refractivity contribution is -0.132. The summed E-state index contributed by atoms with van der Waals surface area (Å²) >= 11 is 0. The molecule has 2 heterocycles. The Morgan fingerprint density at radius 1 is 1.31 bits per heavy atom. The fraction of sp³-hybridized carbons (Fsp3) is 0.571. The fourth-order valence-corrected chi connectivity index (χ4v) is 4.27. The van der Waals surface area contributed by atoms with E-state index in [9.17, 15) is 18.8 Å². The average Bonchev–Trinajstić information content (AvgIpc) is 3.13. The SMILES string of the molecule is CCN(CC)C(=O)CC[C@@H]1CNC(=O)[C@@H]2C[C@H](NC(=O)c3cccc(F)c3)CN12. The molecule has 0 unspecified atom stereocenters. The van der Waals surface area contributed by atoms with Crippen molar-refractivity contribution in [3.8, 4) is 0 Å². The van der Waals surface area contributed by atoms with E-state index in [4.69, 9.17) is 0 Å². The second-order valence-electron chi connectivity index (χ2n) is 7.63. The molecule has 0 radical (unpaired) electrons. The van der Waals surface area contributed by atoms with E-state index >= 15 is 0 Å². The van der Waals surface area contributed by atoms with Crippen molar-refractivity contribution in [1.29, 1.82) is 0 Å². The topological polar surface area (TPSA) is 81.8 Å². The van der Waals surface area contributed by atoms with Crippen LogP contribution in [0.5, 0.6) is 0 Å². The molecule has 3 atom stereocenters. The van der Waals surface area contributed by atoms with Crippen LogP contribution in [0.25, 0.3) is 0 Å². The molecule has 2 N–H and O–H groups in total. The first-order chi connectivity index (χ1) is 13.9. The van der Waals surface area contributed by atoms with Gasteiger partial charge in [0.1, 0.15) is 5.82 Å². The lowest BCUT2D eigenvalue weighted by Gasteiger charge is -2.37. The van der Waals surface area contributed by atoms with Crippen molar-refractivity contribution in [3.63, 3.8) is 0 Å². The van der Waals surface area contributed by atoms with Gasteiger partial charge in [0.05, 0.1) is 6.04 Å². The lowest BCUT2D eigenvalue weighted by Crippen LogP contribution is -2.58. The summed E-state index contributed by atoms with van der Waals surface area (Å²) < 4.78 is 13.4. The molecule has 2 aliphatic heterocycles. The Hall–Kier alpha value is -2.48. The molecule has 158 valence electrons. The number of nitrogens with one attached hydrogen (secondary N) is 2. The first-order valence-corrected chi connectivity index (χ1v) is 10.3. The monoisotopic (exact) mass is 404 g/mol. The summed E-state index contributed by atoms with van der Waals surface area (Å²) in [6, 6.07) is 5.12. The summed E-state index contributed by atoms with van der Waals surface area (Å²) in [5, 5.41) is 5.85. The highest BCUT2D eigenvalue weighted by Crippen LogP contribution is 2.26. The molecule has 1 aromatic rings. The van der Waals surface area contributed by atoms with Crippen LogP contribution in [0.15, 0.2) is 24.3 Å². The van der Waals surface area contributed by atoms with E-state index in [1.165, 1.54) is 18.2 Å². The van der Waals surface area contributed by atoms with Crippen molar-refractivity contribution >= 4 is 17.7 Å². The molecular formula is C21H29FN4O3. The van der Waals surface area contributed by atoms with Gasteiger partial charge in [-0.3, -0.25) is 19.3 Å². The number of hydrogen-bond donors (Lipinski definition) is 2. The summed E-state index contributed by atoms with van der Waals surface area (Å²) in [5.74, 6) is -0.723. The number of piperazine rings is 1. The van der Waals surface area contributed by atoms with Gasteiger partial charge in [-0.25, -0.2) is 4.39 Å². The summed E-state index contributed by atoms with van der Waals surface area (Å²) in [5.41, 5.74) is 0.265. The summed E-state index contributed by atoms with van der Waals surface area (Å²) in [6.07, 6.45) is 1.61. The zero-order chi connectivity index (χ0) is 21.0. The van der Waals surface area contributed by atoms with Crippen molar-refractivity contribution in [1.82, 2.24) is 20.4 Å². The van der Waals surface area contributed by atoms with Crippen molar-refractivity contribution in [3.05, 3.63) is 35.6 Å². The largest absolute Gasteiger partial charge is 0.353 e. The number of amides is 3. The number of carbonyl (C=O) groups is 3. The van der Waals surface area contributed by atoms with E-state index in [0.717, 1.165) is 0 Å². The van der Waals surface area contributed by atoms with E-state index in [2.05, 4.69) is 15.5 Å². The van der Waals surface area contributed by atoms with Crippen molar-refractivity contribution < 1.29 is 18.8 Å². The van der Waals surface area contributed by atoms with Crippen LogP contribution in [-0.4, -0.2) is 71.8 Å². The van der Waals surface area contributed by atoms with Gasteiger partial charge >= 0.3 is 0 Å².